The third kappa shape index (κ3) is 22.2. The van der Waals surface area contributed by atoms with Crippen LogP contribution in [0.3, 0.4) is 0 Å². The molecule has 7 rings (SSSR count). The molecule has 1 N–H and O–H groups in total. The molecule has 5 aromatic rings. The van der Waals surface area contributed by atoms with E-state index in [1.165, 1.54) is 294 Å². The van der Waals surface area contributed by atoms with E-state index in [2.05, 4.69) is 152 Å². The van der Waals surface area contributed by atoms with Crippen molar-refractivity contribution in [1.82, 2.24) is 0 Å². The van der Waals surface area contributed by atoms with Crippen LogP contribution in [0.25, 0.3) is 32.4 Å². The summed E-state index contributed by atoms with van der Waals surface area (Å²) < 4.78 is 0. The quantitative estimate of drug-likeness (QED) is 0.0395. The SMILES string of the molecule is CCCCCCCCCCCCC(CCCCCCCCCC)CN1C(=O)C(c2ccc(-c3ccc(C(C)(C)C)cc3)s2)=c2ccc3c4c(ccc3c21)=C(c1ccc(C(C)(C)C)s1)C(O)N4CC(CCCCCCCCCC)CCCCCCCCCCCC. The van der Waals surface area contributed by atoms with Crippen LogP contribution >= 0.6 is 22.7 Å². The number of carbonyl (C=O) groups excluding carboxylic acids is 1. The van der Waals surface area contributed by atoms with Gasteiger partial charge in [-0.05, 0) is 83.7 Å². The summed E-state index contributed by atoms with van der Waals surface area (Å²) in [5, 5.41) is 17.8. The molecule has 3 atom stereocenters. The summed E-state index contributed by atoms with van der Waals surface area (Å²) in [6, 6.07) is 27.6. The first-order valence-corrected chi connectivity index (χ1v) is 39.8. The Morgan fingerprint density at radius 1 is 0.400 bits per heavy atom. The number of thiophene rings is 2. The number of anilines is 2. The molecule has 0 aliphatic carbocycles. The second kappa shape index (κ2) is 39.2. The van der Waals surface area contributed by atoms with Crippen molar-refractivity contribution >= 4 is 61.9 Å². The molecule has 0 bridgehead atoms. The first kappa shape index (κ1) is 73.7. The van der Waals surface area contributed by atoms with E-state index >= 15 is 4.79 Å². The maximum Gasteiger partial charge on any atom is 0.260 e. The van der Waals surface area contributed by atoms with Crippen molar-refractivity contribution in [1.29, 1.82) is 0 Å². The molecule has 500 valence electrons. The molecule has 0 radical (unpaired) electrons. The van der Waals surface area contributed by atoms with Gasteiger partial charge in [0, 0.05) is 59.4 Å². The Morgan fingerprint density at radius 3 is 1.21 bits per heavy atom. The molecule has 4 nitrogen and oxygen atoms in total. The lowest BCUT2D eigenvalue weighted by Gasteiger charge is -2.32. The van der Waals surface area contributed by atoms with Crippen molar-refractivity contribution in [3.05, 3.63) is 103 Å². The number of hydrogen-bond donors (Lipinski definition) is 1. The van der Waals surface area contributed by atoms with Gasteiger partial charge in [0.25, 0.3) is 5.91 Å². The van der Waals surface area contributed by atoms with E-state index in [1.54, 1.807) is 11.3 Å². The molecule has 0 fully saturated rings. The van der Waals surface area contributed by atoms with E-state index in [0.717, 1.165) is 50.6 Å². The smallest absolute Gasteiger partial charge is 0.260 e. The topological polar surface area (TPSA) is 43.8 Å². The number of amides is 1. The van der Waals surface area contributed by atoms with Crippen LogP contribution in [-0.2, 0) is 15.6 Å². The van der Waals surface area contributed by atoms with Gasteiger partial charge in [0.2, 0.25) is 0 Å². The predicted molar refractivity (Wildman–Crippen MR) is 400 cm³/mol. The predicted octanol–water partition coefficient (Wildman–Crippen LogP) is 25.0. The normalized spacial score (nSPS) is 15.1. The Hall–Kier alpha value is -3.71. The molecule has 3 aromatic carbocycles. The number of rotatable bonds is 47. The molecular weight excluding hydrogens is 1130 g/mol. The minimum absolute atomic E-state index is 0.0136. The zero-order valence-corrected chi connectivity index (χ0v) is 61.1. The van der Waals surface area contributed by atoms with Crippen molar-refractivity contribution in [2.24, 2.45) is 11.8 Å². The molecular formula is C84H130N2O2S2. The van der Waals surface area contributed by atoms with Gasteiger partial charge in [-0.15, -0.1) is 22.7 Å². The van der Waals surface area contributed by atoms with Crippen molar-refractivity contribution < 1.29 is 9.90 Å². The fourth-order valence-corrected chi connectivity index (χ4v) is 17.0. The Bertz CT molecular complexity index is 2960. The molecule has 2 aliphatic heterocycles. The zero-order chi connectivity index (χ0) is 64.1. The number of aliphatic hydroxyl groups is 1. The molecule has 6 heteroatoms. The maximum absolute atomic E-state index is 16.0. The minimum atomic E-state index is -0.752. The fraction of sp³-hybridized carbons (Fsp3) is 0.679. The number of benzene rings is 3. The molecule has 4 heterocycles. The fourth-order valence-electron chi connectivity index (χ4n) is 14.8. The molecule has 0 spiro atoms. The highest BCUT2D eigenvalue weighted by atomic mass is 32.1. The van der Waals surface area contributed by atoms with Crippen LogP contribution < -0.4 is 20.2 Å². The van der Waals surface area contributed by atoms with Gasteiger partial charge in [-0.2, -0.15) is 0 Å². The highest BCUT2D eigenvalue weighted by Gasteiger charge is 2.38. The summed E-state index contributed by atoms with van der Waals surface area (Å²) in [7, 11) is 0. The van der Waals surface area contributed by atoms with E-state index in [9.17, 15) is 5.11 Å². The number of carbonyl (C=O) groups is 1. The van der Waals surface area contributed by atoms with Gasteiger partial charge in [0.15, 0.2) is 6.23 Å². The monoisotopic (exact) mass is 1260 g/mol. The summed E-state index contributed by atoms with van der Waals surface area (Å²) in [5.74, 6) is 1.08. The standard InChI is InChI=1S/C84H130N2O2S2/c1-11-15-19-23-27-31-33-37-41-45-49-65(47-43-39-35-29-25-21-17-13-3)63-85-79-69-56-58-72-78(75-61-62-76(90-75)84(8,9)10)82(88)86(64-66(48-44-40-36-30-26-22-18-14-4)50-46-42-38-34-32-28-24-20-16-12-2)80(72)70(69)55-57-71(79)77(81(85)87)74-60-59-73(89-74)67-51-53-68(54-52-67)83(5,6)7/h51-62,65-66,82,88H,11-50,63-64H2,1-10H3. The third-order valence-corrected chi connectivity index (χ3v) is 23.2. The first-order chi connectivity index (χ1) is 43.7. The van der Waals surface area contributed by atoms with Crippen LogP contribution in [0.15, 0.2) is 72.8 Å². The van der Waals surface area contributed by atoms with Gasteiger partial charge in [0.1, 0.15) is 0 Å². The van der Waals surface area contributed by atoms with Gasteiger partial charge < -0.3 is 14.9 Å². The van der Waals surface area contributed by atoms with Gasteiger partial charge >= 0.3 is 0 Å². The largest absolute Gasteiger partial charge is 0.369 e. The Morgan fingerprint density at radius 2 is 0.789 bits per heavy atom. The molecule has 1 amide bonds. The van der Waals surface area contributed by atoms with E-state index in [1.807, 2.05) is 11.3 Å². The number of aliphatic hydroxyl groups excluding tert-OH is 1. The highest BCUT2D eigenvalue weighted by Crippen LogP contribution is 2.44. The van der Waals surface area contributed by atoms with Crippen molar-refractivity contribution in [3.8, 4) is 10.4 Å². The van der Waals surface area contributed by atoms with E-state index < -0.39 is 6.23 Å². The molecule has 2 aromatic heterocycles. The van der Waals surface area contributed by atoms with Crippen LogP contribution in [0.4, 0.5) is 11.4 Å². The lowest BCUT2D eigenvalue weighted by Crippen LogP contribution is -2.37. The number of hydrogen-bond acceptors (Lipinski definition) is 5. The summed E-state index contributed by atoms with van der Waals surface area (Å²) in [6.45, 7) is 24.6. The first-order valence-electron chi connectivity index (χ1n) is 38.1. The highest BCUT2D eigenvalue weighted by molar-refractivity contribution is 7.17. The van der Waals surface area contributed by atoms with Gasteiger partial charge in [-0.25, -0.2) is 0 Å². The Kier molecular flexibility index (Phi) is 32.1. The van der Waals surface area contributed by atoms with Crippen LogP contribution in [0.2, 0.25) is 0 Å². The van der Waals surface area contributed by atoms with Crippen molar-refractivity contribution in [2.75, 3.05) is 22.9 Å². The summed E-state index contributed by atoms with van der Waals surface area (Å²) >= 11 is 3.64. The Balaban J connectivity index is 1.28. The molecule has 3 unspecified atom stereocenters. The molecule has 90 heavy (non-hydrogen) atoms. The second-order valence-electron chi connectivity index (χ2n) is 30.4. The van der Waals surface area contributed by atoms with E-state index in [0.29, 0.717) is 11.8 Å². The second-order valence-corrected chi connectivity index (χ2v) is 32.5. The molecule has 2 aliphatic rings. The number of fused-ring (bicyclic) bond motifs is 5. The summed E-state index contributed by atoms with van der Waals surface area (Å²) in [5.41, 5.74) is 6.82. The minimum Gasteiger partial charge on any atom is -0.369 e. The van der Waals surface area contributed by atoms with Crippen LogP contribution in [0.5, 0.6) is 0 Å². The average molecular weight is 1260 g/mol. The van der Waals surface area contributed by atoms with E-state index in [4.69, 9.17) is 0 Å². The molecule has 0 saturated heterocycles. The van der Waals surface area contributed by atoms with Gasteiger partial charge in [-0.1, -0.05) is 349 Å². The third-order valence-electron chi connectivity index (χ3n) is 20.5. The summed E-state index contributed by atoms with van der Waals surface area (Å²) in [6.07, 6.45) is 52.0. The lowest BCUT2D eigenvalue weighted by molar-refractivity contribution is -0.113. The van der Waals surface area contributed by atoms with E-state index in [-0.39, 0.29) is 16.7 Å². The number of unbranched alkanes of at least 4 members (excludes halogenated alkanes) is 32. The zero-order valence-electron chi connectivity index (χ0n) is 59.4. The van der Waals surface area contributed by atoms with Crippen LogP contribution in [-0.4, -0.2) is 30.3 Å². The molecule has 0 saturated carbocycles. The Labute approximate surface area is 560 Å². The van der Waals surface area contributed by atoms with Gasteiger partial charge in [0.05, 0.1) is 16.9 Å². The maximum atomic E-state index is 16.0. The van der Waals surface area contributed by atoms with Crippen LogP contribution in [0.1, 0.15) is 346 Å². The lowest BCUT2D eigenvalue weighted by atomic mass is 9.86. The average Bonchev–Trinajstić information content (AvgIpc) is 1.55. The van der Waals surface area contributed by atoms with Crippen molar-refractivity contribution in [2.45, 2.75) is 343 Å². The van der Waals surface area contributed by atoms with Crippen LogP contribution in [0, 0.1) is 11.8 Å². The summed E-state index contributed by atoms with van der Waals surface area (Å²) in [4.78, 5) is 25.5. The van der Waals surface area contributed by atoms with Gasteiger partial charge in [-0.3, -0.25) is 4.79 Å². The number of nitrogens with zero attached hydrogens (tertiary/aromatic N) is 2. The van der Waals surface area contributed by atoms with Crippen molar-refractivity contribution in [3.63, 3.8) is 0 Å².